The largest absolute Gasteiger partial charge is 0.372 e. The normalized spacial score (nSPS) is 13.2. The minimum absolute atomic E-state index is 0.0586. The number of hydrogen-bond donors (Lipinski definition) is 1. The average Bonchev–Trinajstić information content (AvgIpc) is 2.30. The van der Waals surface area contributed by atoms with Gasteiger partial charge >= 0.3 is 0 Å². The molecule has 0 spiro atoms. The van der Waals surface area contributed by atoms with Crippen molar-refractivity contribution in [1.82, 2.24) is 0 Å². The first kappa shape index (κ1) is 13.7. The van der Waals surface area contributed by atoms with E-state index in [0.717, 1.165) is 0 Å². The third kappa shape index (κ3) is 3.83. The van der Waals surface area contributed by atoms with Crippen LogP contribution >= 0.6 is 0 Å². The summed E-state index contributed by atoms with van der Waals surface area (Å²) in [6, 6.07) is 8.06. The molecule has 0 aliphatic rings. The molecule has 5 nitrogen and oxygen atoms in total. The number of methoxy groups -OCH3 is 1. The van der Waals surface area contributed by atoms with Gasteiger partial charge in [-0.2, -0.15) is 0 Å². The second-order valence-electron chi connectivity index (χ2n) is 3.55. The molecule has 0 aliphatic heterocycles. The van der Waals surface area contributed by atoms with Crippen LogP contribution in [0.2, 0.25) is 0 Å². The Morgan fingerprint density at radius 2 is 1.94 bits per heavy atom. The molecule has 94 valence electrons. The van der Waals surface area contributed by atoms with Crippen molar-refractivity contribution >= 4 is 15.7 Å². The summed E-state index contributed by atoms with van der Waals surface area (Å²) in [5.41, 5.74) is 5.06. The zero-order chi connectivity index (χ0) is 12.9. The fourth-order valence-electron chi connectivity index (χ4n) is 1.38. The van der Waals surface area contributed by atoms with E-state index in [1.165, 1.54) is 19.2 Å². The quantitative estimate of drug-likeness (QED) is 0.796. The molecular formula is C11H15NO4S. The molecule has 17 heavy (non-hydrogen) atoms. The maximum atomic E-state index is 11.9. The van der Waals surface area contributed by atoms with Crippen LogP contribution in [-0.2, 0) is 19.4 Å². The average molecular weight is 257 g/mol. The summed E-state index contributed by atoms with van der Waals surface area (Å²) in [7, 11) is -2.06. The summed E-state index contributed by atoms with van der Waals surface area (Å²) < 4.78 is 28.5. The van der Waals surface area contributed by atoms with E-state index < -0.39 is 21.8 Å². The molecule has 1 aromatic carbocycles. The van der Waals surface area contributed by atoms with Crippen LogP contribution in [0.1, 0.15) is 6.42 Å². The first-order chi connectivity index (χ1) is 7.97. The Morgan fingerprint density at radius 1 is 1.35 bits per heavy atom. The lowest BCUT2D eigenvalue weighted by Gasteiger charge is -2.11. The summed E-state index contributed by atoms with van der Waals surface area (Å²) in [4.78, 5) is 11.1. The minimum Gasteiger partial charge on any atom is -0.372 e. The number of amides is 1. The lowest BCUT2D eigenvalue weighted by molar-refractivity contribution is -0.127. The summed E-state index contributed by atoms with van der Waals surface area (Å²) >= 11 is 0. The number of benzene rings is 1. The molecule has 0 bridgehead atoms. The van der Waals surface area contributed by atoms with Gasteiger partial charge in [0.2, 0.25) is 5.91 Å². The number of hydrogen-bond acceptors (Lipinski definition) is 4. The van der Waals surface area contributed by atoms with Crippen LogP contribution in [-0.4, -0.2) is 33.3 Å². The summed E-state index contributed by atoms with van der Waals surface area (Å²) in [6.45, 7) is 0. The van der Waals surface area contributed by atoms with Gasteiger partial charge in [-0.15, -0.1) is 0 Å². The first-order valence-electron chi connectivity index (χ1n) is 5.07. The van der Waals surface area contributed by atoms with Gasteiger partial charge in [0.25, 0.3) is 0 Å². The van der Waals surface area contributed by atoms with Crippen molar-refractivity contribution in [3.05, 3.63) is 30.3 Å². The van der Waals surface area contributed by atoms with Crippen LogP contribution in [0.5, 0.6) is 0 Å². The van der Waals surface area contributed by atoms with Gasteiger partial charge in [0, 0.05) is 7.11 Å². The molecule has 0 saturated heterocycles. The van der Waals surface area contributed by atoms with Crippen molar-refractivity contribution in [2.24, 2.45) is 5.73 Å². The first-order valence-corrected chi connectivity index (χ1v) is 6.72. The van der Waals surface area contributed by atoms with Gasteiger partial charge in [-0.1, -0.05) is 18.2 Å². The predicted octanol–water partition coefficient (Wildman–Crippen LogP) is 0.351. The Balaban J connectivity index is 2.72. The fraction of sp³-hybridized carbons (Fsp3) is 0.364. The van der Waals surface area contributed by atoms with E-state index >= 15 is 0 Å². The van der Waals surface area contributed by atoms with Gasteiger partial charge in [0.05, 0.1) is 10.6 Å². The highest BCUT2D eigenvalue weighted by atomic mass is 32.2. The van der Waals surface area contributed by atoms with E-state index in [4.69, 9.17) is 10.5 Å². The molecule has 0 saturated carbocycles. The van der Waals surface area contributed by atoms with E-state index in [9.17, 15) is 13.2 Å². The van der Waals surface area contributed by atoms with E-state index in [1.54, 1.807) is 18.2 Å². The summed E-state index contributed by atoms with van der Waals surface area (Å²) in [5, 5.41) is 0. The molecule has 1 aromatic rings. The van der Waals surface area contributed by atoms with Crippen molar-refractivity contribution in [1.29, 1.82) is 0 Å². The Bertz CT molecular complexity index is 470. The maximum Gasteiger partial charge on any atom is 0.246 e. The molecule has 0 heterocycles. The summed E-state index contributed by atoms with van der Waals surface area (Å²) in [5.74, 6) is -0.825. The van der Waals surface area contributed by atoms with Crippen LogP contribution in [0.3, 0.4) is 0 Å². The minimum atomic E-state index is -3.39. The van der Waals surface area contributed by atoms with E-state index in [-0.39, 0.29) is 17.1 Å². The Hall–Kier alpha value is -1.40. The smallest absolute Gasteiger partial charge is 0.246 e. The molecule has 1 amide bonds. The number of ether oxygens (including phenoxy) is 1. The number of carbonyl (C=O) groups is 1. The van der Waals surface area contributed by atoms with Crippen LogP contribution in [0.4, 0.5) is 0 Å². The number of sulfone groups is 1. The fourth-order valence-corrected chi connectivity index (χ4v) is 2.72. The number of nitrogens with two attached hydrogens (primary N) is 1. The second-order valence-corrected chi connectivity index (χ2v) is 5.66. The number of carbonyl (C=O) groups excluding carboxylic acids is 1. The monoisotopic (exact) mass is 257 g/mol. The lowest BCUT2D eigenvalue weighted by Crippen LogP contribution is -2.32. The van der Waals surface area contributed by atoms with Gasteiger partial charge in [0.1, 0.15) is 6.10 Å². The molecule has 1 atom stereocenters. The van der Waals surface area contributed by atoms with Crippen molar-refractivity contribution in [3.63, 3.8) is 0 Å². The summed E-state index contributed by atoms with van der Waals surface area (Å²) in [6.07, 6.45) is -0.809. The van der Waals surface area contributed by atoms with Crippen LogP contribution < -0.4 is 5.73 Å². The van der Waals surface area contributed by atoms with E-state index in [0.29, 0.717) is 0 Å². The third-order valence-corrected chi connectivity index (χ3v) is 4.12. The molecule has 0 fully saturated rings. The van der Waals surface area contributed by atoms with Crippen molar-refractivity contribution in [2.45, 2.75) is 17.4 Å². The Labute approximate surface area is 100 Å². The maximum absolute atomic E-state index is 11.9. The van der Waals surface area contributed by atoms with Crippen molar-refractivity contribution < 1.29 is 17.9 Å². The van der Waals surface area contributed by atoms with Gasteiger partial charge < -0.3 is 10.5 Å². The zero-order valence-corrected chi connectivity index (χ0v) is 10.3. The molecule has 0 radical (unpaired) electrons. The Morgan fingerprint density at radius 3 is 2.41 bits per heavy atom. The SMILES string of the molecule is COC(CCS(=O)(=O)c1ccccc1)C(N)=O. The third-order valence-electron chi connectivity index (χ3n) is 2.35. The molecule has 0 aliphatic carbocycles. The second kappa shape index (κ2) is 5.79. The van der Waals surface area contributed by atoms with Gasteiger partial charge in [-0.3, -0.25) is 4.79 Å². The molecule has 2 N–H and O–H groups in total. The molecule has 0 aromatic heterocycles. The topological polar surface area (TPSA) is 86.5 Å². The highest BCUT2D eigenvalue weighted by Gasteiger charge is 2.20. The standard InChI is InChI=1S/C11H15NO4S/c1-16-10(11(12)13)7-8-17(14,15)9-5-3-2-4-6-9/h2-6,10H,7-8H2,1H3,(H2,12,13). The van der Waals surface area contributed by atoms with Crippen LogP contribution in [0.15, 0.2) is 35.2 Å². The van der Waals surface area contributed by atoms with Gasteiger partial charge in [-0.25, -0.2) is 8.42 Å². The highest BCUT2D eigenvalue weighted by Crippen LogP contribution is 2.12. The Kier molecular flexibility index (Phi) is 4.65. The van der Waals surface area contributed by atoms with Gasteiger partial charge in [0.15, 0.2) is 9.84 Å². The molecule has 1 unspecified atom stereocenters. The zero-order valence-electron chi connectivity index (χ0n) is 9.50. The van der Waals surface area contributed by atoms with E-state index in [1.807, 2.05) is 0 Å². The molecular weight excluding hydrogens is 242 g/mol. The number of primary amides is 1. The highest BCUT2D eigenvalue weighted by molar-refractivity contribution is 7.91. The molecule has 6 heteroatoms. The van der Waals surface area contributed by atoms with Crippen LogP contribution in [0, 0.1) is 0 Å². The van der Waals surface area contributed by atoms with Crippen molar-refractivity contribution in [2.75, 3.05) is 12.9 Å². The van der Waals surface area contributed by atoms with Crippen LogP contribution in [0.25, 0.3) is 0 Å². The number of rotatable bonds is 6. The predicted molar refractivity (Wildman–Crippen MR) is 63.1 cm³/mol. The van der Waals surface area contributed by atoms with Gasteiger partial charge in [-0.05, 0) is 18.6 Å². The van der Waals surface area contributed by atoms with Crippen molar-refractivity contribution in [3.8, 4) is 0 Å². The van der Waals surface area contributed by atoms with E-state index in [2.05, 4.69) is 0 Å². The molecule has 1 rings (SSSR count). The lowest BCUT2D eigenvalue weighted by atomic mass is 10.3.